The van der Waals surface area contributed by atoms with E-state index < -0.39 is 0 Å². The topological polar surface area (TPSA) is 9.23 Å². The van der Waals surface area contributed by atoms with Crippen LogP contribution in [0.15, 0.2) is 18.2 Å². The lowest BCUT2D eigenvalue weighted by Crippen LogP contribution is -2.33. The molecule has 0 N–H and O–H groups in total. The van der Waals surface area contributed by atoms with Crippen LogP contribution in [0.4, 0.5) is 0 Å². The van der Waals surface area contributed by atoms with Crippen LogP contribution < -0.4 is 0 Å². The van der Waals surface area contributed by atoms with Gasteiger partial charge in [-0.2, -0.15) is 0 Å². The molecule has 0 aliphatic heterocycles. The SMILES string of the molecule is CCCCC1CCc2cc(C3CCC4CC(OCC)CCC4C3)ccc2C1. The smallest absolute Gasteiger partial charge is 0.0577 e. The summed E-state index contributed by atoms with van der Waals surface area (Å²) < 4.78 is 5.94. The maximum Gasteiger partial charge on any atom is 0.0577 e. The predicted octanol–water partition coefficient (Wildman–Crippen LogP) is 7.07. The molecule has 1 heteroatoms. The third-order valence-corrected chi connectivity index (χ3v) is 7.97. The molecule has 0 bridgehead atoms. The lowest BCUT2D eigenvalue weighted by atomic mass is 9.65. The van der Waals surface area contributed by atoms with E-state index in [1.807, 2.05) is 0 Å². The molecule has 5 unspecified atom stereocenters. The number of aryl methyl sites for hydroxylation is 1. The highest BCUT2D eigenvalue weighted by atomic mass is 16.5. The van der Waals surface area contributed by atoms with Crippen molar-refractivity contribution in [1.82, 2.24) is 0 Å². The molecule has 3 aliphatic rings. The van der Waals surface area contributed by atoms with Crippen LogP contribution in [-0.2, 0) is 17.6 Å². The first-order valence-electron chi connectivity index (χ1n) is 12.0. The Morgan fingerprint density at radius 3 is 2.63 bits per heavy atom. The van der Waals surface area contributed by atoms with E-state index in [-0.39, 0.29) is 0 Å². The van der Waals surface area contributed by atoms with Gasteiger partial charge in [0.25, 0.3) is 0 Å². The van der Waals surface area contributed by atoms with Gasteiger partial charge in [0.1, 0.15) is 0 Å². The highest BCUT2D eigenvalue weighted by Gasteiger charge is 2.36. The summed E-state index contributed by atoms with van der Waals surface area (Å²) in [5.41, 5.74) is 5.01. The van der Waals surface area contributed by atoms with Crippen molar-refractivity contribution < 1.29 is 4.74 Å². The number of hydrogen-bond donors (Lipinski definition) is 0. The third kappa shape index (κ3) is 4.61. The van der Waals surface area contributed by atoms with Crippen LogP contribution in [0.3, 0.4) is 0 Å². The number of ether oxygens (including phenoxy) is 1. The number of fused-ring (bicyclic) bond motifs is 2. The van der Waals surface area contributed by atoms with Crippen molar-refractivity contribution in [3.8, 4) is 0 Å². The largest absolute Gasteiger partial charge is 0.378 e. The van der Waals surface area contributed by atoms with Crippen molar-refractivity contribution in [1.29, 1.82) is 0 Å². The minimum Gasteiger partial charge on any atom is -0.378 e. The monoisotopic (exact) mass is 368 g/mol. The van der Waals surface area contributed by atoms with Crippen molar-refractivity contribution in [3.63, 3.8) is 0 Å². The van der Waals surface area contributed by atoms with Crippen molar-refractivity contribution >= 4 is 0 Å². The average Bonchev–Trinajstić information content (AvgIpc) is 2.71. The second kappa shape index (κ2) is 9.12. The molecule has 0 aromatic heterocycles. The van der Waals surface area contributed by atoms with Crippen molar-refractivity contribution in [2.45, 2.75) is 103 Å². The zero-order valence-electron chi connectivity index (χ0n) is 17.7. The van der Waals surface area contributed by atoms with Gasteiger partial charge in [-0.05, 0) is 105 Å². The number of hydrogen-bond acceptors (Lipinski definition) is 1. The summed E-state index contributed by atoms with van der Waals surface area (Å²) in [6, 6.07) is 7.61. The Morgan fingerprint density at radius 1 is 0.926 bits per heavy atom. The summed E-state index contributed by atoms with van der Waals surface area (Å²) in [4.78, 5) is 0. The van der Waals surface area contributed by atoms with E-state index in [9.17, 15) is 0 Å². The molecule has 2 saturated carbocycles. The fourth-order valence-electron chi connectivity index (χ4n) is 6.38. The van der Waals surface area contributed by atoms with E-state index in [0.29, 0.717) is 6.10 Å². The Kier molecular flexibility index (Phi) is 6.58. The summed E-state index contributed by atoms with van der Waals surface area (Å²) in [5.74, 6) is 3.65. The van der Waals surface area contributed by atoms with Crippen molar-refractivity contribution in [2.24, 2.45) is 17.8 Å². The van der Waals surface area contributed by atoms with Crippen molar-refractivity contribution in [2.75, 3.05) is 6.61 Å². The first-order valence-corrected chi connectivity index (χ1v) is 12.0. The second-order valence-corrected chi connectivity index (χ2v) is 9.70. The molecule has 1 nitrogen and oxygen atoms in total. The van der Waals surface area contributed by atoms with Gasteiger partial charge in [-0.3, -0.25) is 0 Å². The lowest BCUT2D eigenvalue weighted by Gasteiger charge is -2.42. The fourth-order valence-corrected chi connectivity index (χ4v) is 6.38. The fraction of sp³-hybridized carbons (Fsp3) is 0.769. The van der Waals surface area contributed by atoms with Crippen LogP contribution in [0.25, 0.3) is 0 Å². The maximum atomic E-state index is 5.94. The maximum absolute atomic E-state index is 5.94. The molecule has 3 aliphatic carbocycles. The predicted molar refractivity (Wildman–Crippen MR) is 114 cm³/mol. The molecule has 2 fully saturated rings. The first kappa shape index (κ1) is 19.5. The van der Waals surface area contributed by atoms with Gasteiger partial charge >= 0.3 is 0 Å². The minimum atomic E-state index is 0.553. The first-order chi connectivity index (χ1) is 13.3. The second-order valence-electron chi connectivity index (χ2n) is 9.70. The van der Waals surface area contributed by atoms with Crippen LogP contribution in [-0.4, -0.2) is 12.7 Å². The van der Waals surface area contributed by atoms with E-state index in [1.54, 1.807) is 16.7 Å². The van der Waals surface area contributed by atoms with Gasteiger partial charge < -0.3 is 4.74 Å². The molecular weight excluding hydrogens is 328 g/mol. The Bertz CT molecular complexity index is 606. The van der Waals surface area contributed by atoms with Crippen LogP contribution in [0.1, 0.15) is 101 Å². The third-order valence-electron chi connectivity index (χ3n) is 7.97. The highest BCUT2D eigenvalue weighted by Crippen LogP contribution is 2.47. The van der Waals surface area contributed by atoms with E-state index in [0.717, 1.165) is 30.3 Å². The molecule has 0 heterocycles. The molecule has 27 heavy (non-hydrogen) atoms. The standard InChI is InChI=1S/C26H40O/c1-3-5-6-19-7-8-21-16-22(10-9-20(21)15-19)23-11-12-25-18-26(27-4-2)14-13-24(25)17-23/h9-10,16,19,23-26H,3-8,11-15,17-18H2,1-2H3. The van der Waals surface area contributed by atoms with Crippen LogP contribution >= 0.6 is 0 Å². The molecule has 5 atom stereocenters. The van der Waals surface area contributed by atoms with Gasteiger partial charge in [0.15, 0.2) is 0 Å². The Hall–Kier alpha value is -0.820. The quantitative estimate of drug-likeness (QED) is 0.521. The molecule has 0 spiro atoms. The van der Waals surface area contributed by atoms with Crippen LogP contribution in [0, 0.1) is 17.8 Å². The van der Waals surface area contributed by atoms with Gasteiger partial charge in [-0.15, -0.1) is 0 Å². The van der Waals surface area contributed by atoms with Gasteiger partial charge in [0.2, 0.25) is 0 Å². The molecule has 1 aromatic rings. The molecule has 0 radical (unpaired) electrons. The number of rotatable bonds is 6. The molecule has 0 saturated heterocycles. The zero-order valence-corrected chi connectivity index (χ0v) is 17.7. The van der Waals surface area contributed by atoms with Crippen LogP contribution in [0.2, 0.25) is 0 Å². The molecule has 150 valence electrons. The molecule has 4 rings (SSSR count). The zero-order chi connectivity index (χ0) is 18.6. The normalized spacial score (nSPS) is 33.3. The highest BCUT2D eigenvalue weighted by molar-refractivity contribution is 5.36. The Morgan fingerprint density at radius 2 is 1.78 bits per heavy atom. The Labute approximate surface area is 167 Å². The lowest BCUT2D eigenvalue weighted by molar-refractivity contribution is -0.00955. The molecule has 0 amide bonds. The Balaban J connectivity index is 1.37. The summed E-state index contributed by atoms with van der Waals surface area (Å²) in [7, 11) is 0. The van der Waals surface area contributed by atoms with Gasteiger partial charge in [0, 0.05) is 6.61 Å². The van der Waals surface area contributed by atoms with Gasteiger partial charge in [-0.1, -0.05) is 44.4 Å². The number of unbranched alkanes of at least 4 members (excludes halogenated alkanes) is 1. The van der Waals surface area contributed by atoms with E-state index in [1.165, 1.54) is 77.0 Å². The van der Waals surface area contributed by atoms with E-state index in [2.05, 4.69) is 32.0 Å². The van der Waals surface area contributed by atoms with E-state index >= 15 is 0 Å². The van der Waals surface area contributed by atoms with Crippen LogP contribution in [0.5, 0.6) is 0 Å². The van der Waals surface area contributed by atoms with Gasteiger partial charge in [-0.25, -0.2) is 0 Å². The summed E-state index contributed by atoms with van der Waals surface area (Å²) in [5, 5.41) is 0. The molecular formula is C26H40O. The summed E-state index contributed by atoms with van der Waals surface area (Å²) in [6.07, 6.45) is 17.1. The average molecular weight is 369 g/mol. The number of benzene rings is 1. The summed E-state index contributed by atoms with van der Waals surface area (Å²) in [6.45, 7) is 5.35. The summed E-state index contributed by atoms with van der Waals surface area (Å²) >= 11 is 0. The van der Waals surface area contributed by atoms with Gasteiger partial charge in [0.05, 0.1) is 6.10 Å². The molecule has 1 aromatic carbocycles. The van der Waals surface area contributed by atoms with E-state index in [4.69, 9.17) is 4.74 Å². The van der Waals surface area contributed by atoms with Crippen molar-refractivity contribution in [3.05, 3.63) is 34.9 Å². The minimum absolute atomic E-state index is 0.553.